The summed E-state index contributed by atoms with van der Waals surface area (Å²) in [4.78, 5) is 13.4. The lowest BCUT2D eigenvalue weighted by Crippen LogP contribution is -2.53. The highest BCUT2D eigenvalue weighted by Crippen LogP contribution is 2.27. The van der Waals surface area contributed by atoms with Gasteiger partial charge >= 0.3 is 5.97 Å². The van der Waals surface area contributed by atoms with Crippen LogP contribution >= 0.6 is 0 Å². The van der Waals surface area contributed by atoms with Gasteiger partial charge in [-0.05, 0) is 31.7 Å². The first kappa shape index (κ1) is 10.9. The number of carbonyl (C=O) groups is 1. The molecule has 4 nitrogen and oxygen atoms in total. The maximum Gasteiger partial charge on any atom is 0.321 e. The van der Waals surface area contributed by atoms with Gasteiger partial charge in [-0.25, -0.2) is 0 Å². The van der Waals surface area contributed by atoms with Crippen molar-refractivity contribution in [1.29, 1.82) is 0 Å². The molecule has 0 aliphatic carbocycles. The Morgan fingerprint density at radius 3 is 2.87 bits per heavy atom. The van der Waals surface area contributed by atoms with Crippen molar-refractivity contribution in [1.82, 2.24) is 4.90 Å². The van der Waals surface area contributed by atoms with Crippen LogP contribution in [0.5, 0.6) is 0 Å². The summed E-state index contributed by atoms with van der Waals surface area (Å²) in [6.07, 6.45) is 3.12. The van der Waals surface area contributed by atoms with Gasteiger partial charge in [-0.1, -0.05) is 6.92 Å². The van der Waals surface area contributed by atoms with Crippen LogP contribution in [0.2, 0.25) is 0 Å². The van der Waals surface area contributed by atoms with E-state index in [0.29, 0.717) is 12.6 Å². The van der Waals surface area contributed by atoms with Gasteiger partial charge in [0.1, 0.15) is 6.04 Å². The first-order valence-electron chi connectivity index (χ1n) is 5.76. The van der Waals surface area contributed by atoms with Gasteiger partial charge in [0.2, 0.25) is 0 Å². The second-order valence-corrected chi connectivity index (χ2v) is 4.66. The van der Waals surface area contributed by atoms with E-state index in [4.69, 9.17) is 4.74 Å². The third-order valence-electron chi connectivity index (χ3n) is 3.60. The molecule has 15 heavy (non-hydrogen) atoms. The molecule has 0 spiro atoms. The summed E-state index contributed by atoms with van der Waals surface area (Å²) in [6.45, 7) is 4.44. The number of rotatable bonds is 2. The van der Waals surface area contributed by atoms with Crippen molar-refractivity contribution in [2.45, 2.75) is 38.3 Å². The molecule has 3 unspecified atom stereocenters. The molecule has 2 aliphatic rings. The first-order chi connectivity index (χ1) is 7.20. The molecule has 1 N–H and O–H groups in total. The molecule has 0 radical (unpaired) electrons. The lowest BCUT2D eigenvalue weighted by Gasteiger charge is -2.40. The minimum absolute atomic E-state index is 0.261. The van der Waals surface area contributed by atoms with E-state index < -0.39 is 5.97 Å². The van der Waals surface area contributed by atoms with E-state index in [1.807, 2.05) is 6.92 Å². The summed E-state index contributed by atoms with van der Waals surface area (Å²) >= 11 is 0. The largest absolute Gasteiger partial charge is 0.480 e. The number of carboxylic acid groups (broad SMARTS) is 1. The number of hydrogen-bond donors (Lipinski definition) is 1. The standard InChI is InChI=1S/C11H19NO3/c1-8-3-2-5-12(10(8)11(13)14)9-4-6-15-7-9/h8-10H,2-7H2,1H3,(H,13,14). The Morgan fingerprint density at radius 2 is 2.27 bits per heavy atom. The number of aliphatic carboxylic acids is 1. The SMILES string of the molecule is CC1CCCN(C2CCOC2)C1C(=O)O. The average Bonchev–Trinajstić information content (AvgIpc) is 2.69. The molecular weight excluding hydrogens is 194 g/mol. The van der Waals surface area contributed by atoms with Gasteiger partial charge in [-0.2, -0.15) is 0 Å². The smallest absolute Gasteiger partial charge is 0.321 e. The monoisotopic (exact) mass is 213 g/mol. The third kappa shape index (κ3) is 2.16. The quantitative estimate of drug-likeness (QED) is 0.742. The molecule has 4 heteroatoms. The summed E-state index contributed by atoms with van der Waals surface area (Å²) in [5.41, 5.74) is 0. The average molecular weight is 213 g/mol. The Hall–Kier alpha value is -0.610. The zero-order chi connectivity index (χ0) is 10.8. The number of nitrogens with zero attached hydrogens (tertiary/aromatic N) is 1. The molecule has 0 aromatic carbocycles. The second-order valence-electron chi connectivity index (χ2n) is 4.66. The van der Waals surface area contributed by atoms with Gasteiger partial charge in [0.15, 0.2) is 0 Å². The minimum Gasteiger partial charge on any atom is -0.480 e. The molecule has 0 aromatic rings. The van der Waals surface area contributed by atoms with Crippen LogP contribution < -0.4 is 0 Å². The van der Waals surface area contributed by atoms with Crippen molar-refractivity contribution in [2.75, 3.05) is 19.8 Å². The van der Waals surface area contributed by atoms with Gasteiger partial charge in [-0.3, -0.25) is 9.69 Å². The van der Waals surface area contributed by atoms with Gasteiger partial charge in [0.05, 0.1) is 6.61 Å². The Morgan fingerprint density at radius 1 is 1.47 bits per heavy atom. The van der Waals surface area contributed by atoms with Gasteiger partial charge in [-0.15, -0.1) is 0 Å². The van der Waals surface area contributed by atoms with Crippen molar-refractivity contribution in [3.63, 3.8) is 0 Å². The predicted molar refractivity (Wildman–Crippen MR) is 55.8 cm³/mol. The number of likely N-dealkylation sites (tertiary alicyclic amines) is 1. The normalized spacial score (nSPS) is 38.1. The fraction of sp³-hybridized carbons (Fsp3) is 0.909. The zero-order valence-corrected chi connectivity index (χ0v) is 9.19. The van der Waals surface area contributed by atoms with Crippen molar-refractivity contribution >= 4 is 5.97 Å². The predicted octanol–water partition coefficient (Wildman–Crippen LogP) is 0.960. The van der Waals surface area contributed by atoms with Crippen LogP contribution in [0.4, 0.5) is 0 Å². The van der Waals surface area contributed by atoms with Crippen molar-refractivity contribution in [3.05, 3.63) is 0 Å². The molecule has 0 saturated carbocycles. The van der Waals surface area contributed by atoms with Crippen LogP contribution in [0.15, 0.2) is 0 Å². The number of piperidine rings is 1. The fourth-order valence-corrected chi connectivity index (χ4v) is 2.80. The Bertz CT molecular complexity index is 238. The number of ether oxygens (including phenoxy) is 1. The summed E-state index contributed by atoms with van der Waals surface area (Å²) in [5.74, 6) is -0.411. The number of carboxylic acids is 1. The van der Waals surface area contributed by atoms with E-state index >= 15 is 0 Å². The van der Waals surface area contributed by atoms with E-state index in [0.717, 1.165) is 32.4 Å². The van der Waals surface area contributed by atoms with Crippen molar-refractivity contribution in [2.24, 2.45) is 5.92 Å². The molecule has 2 rings (SSSR count). The Balaban J connectivity index is 2.08. The molecule has 0 aromatic heterocycles. The summed E-state index contributed by atoms with van der Waals surface area (Å²) < 4.78 is 5.34. The molecule has 0 amide bonds. The van der Waals surface area contributed by atoms with E-state index in [1.165, 1.54) is 0 Å². The zero-order valence-electron chi connectivity index (χ0n) is 9.19. The van der Waals surface area contributed by atoms with Crippen LogP contribution in [0, 0.1) is 5.92 Å². The van der Waals surface area contributed by atoms with E-state index in [1.54, 1.807) is 0 Å². The minimum atomic E-state index is -0.672. The molecule has 2 heterocycles. The first-order valence-corrected chi connectivity index (χ1v) is 5.76. The second kappa shape index (κ2) is 4.49. The summed E-state index contributed by atoms with van der Waals surface area (Å²) in [6, 6.07) is 0.0271. The molecule has 0 bridgehead atoms. The molecule has 2 fully saturated rings. The highest BCUT2D eigenvalue weighted by atomic mass is 16.5. The molecule has 3 atom stereocenters. The topological polar surface area (TPSA) is 49.8 Å². The Labute approximate surface area is 90.2 Å². The summed E-state index contributed by atoms with van der Waals surface area (Å²) in [7, 11) is 0. The number of hydrogen-bond acceptors (Lipinski definition) is 3. The molecule has 2 saturated heterocycles. The van der Waals surface area contributed by atoms with Gasteiger partial charge in [0.25, 0.3) is 0 Å². The van der Waals surface area contributed by atoms with Crippen molar-refractivity contribution in [3.8, 4) is 0 Å². The Kier molecular flexibility index (Phi) is 3.26. The van der Waals surface area contributed by atoms with Crippen LogP contribution in [-0.2, 0) is 9.53 Å². The fourth-order valence-electron chi connectivity index (χ4n) is 2.80. The van der Waals surface area contributed by atoms with Crippen molar-refractivity contribution < 1.29 is 14.6 Å². The lowest BCUT2D eigenvalue weighted by molar-refractivity contribution is -0.148. The summed E-state index contributed by atoms with van der Waals surface area (Å²) in [5, 5.41) is 9.26. The van der Waals surface area contributed by atoms with Crippen LogP contribution in [0.25, 0.3) is 0 Å². The molecule has 86 valence electrons. The van der Waals surface area contributed by atoms with Crippen LogP contribution in [0.1, 0.15) is 26.2 Å². The highest BCUT2D eigenvalue weighted by molar-refractivity contribution is 5.74. The van der Waals surface area contributed by atoms with Crippen LogP contribution in [-0.4, -0.2) is 47.8 Å². The maximum atomic E-state index is 11.2. The van der Waals surface area contributed by atoms with E-state index in [2.05, 4.69) is 4.90 Å². The maximum absolute atomic E-state index is 11.2. The lowest BCUT2D eigenvalue weighted by atomic mass is 9.89. The van der Waals surface area contributed by atoms with Crippen LogP contribution in [0.3, 0.4) is 0 Å². The van der Waals surface area contributed by atoms with Gasteiger partial charge in [0, 0.05) is 12.6 Å². The van der Waals surface area contributed by atoms with Gasteiger partial charge < -0.3 is 9.84 Å². The van der Waals surface area contributed by atoms with E-state index in [-0.39, 0.29) is 12.0 Å². The molecule has 2 aliphatic heterocycles. The third-order valence-corrected chi connectivity index (χ3v) is 3.60. The highest BCUT2D eigenvalue weighted by Gasteiger charge is 2.38. The van der Waals surface area contributed by atoms with E-state index in [9.17, 15) is 9.90 Å². The molecular formula is C11H19NO3.